The highest BCUT2D eigenvalue weighted by molar-refractivity contribution is 8.00. The van der Waals surface area contributed by atoms with Crippen molar-refractivity contribution >= 4 is 56.8 Å². The van der Waals surface area contributed by atoms with Crippen molar-refractivity contribution in [3.63, 3.8) is 0 Å². The standard InChI is InChI=1S/C26H23ClFN3O2S/c1-33-19-8-10-22-21(14-19)25(20-9-5-17(27)13-23(20)30-22)29-11-2-12-31-24(32)15-34-26(31)16-3-6-18(28)7-4-16/h3-10,13-14,26H,2,11-12,15H2,1H3,(H,29,30). The van der Waals surface area contributed by atoms with Crippen LogP contribution < -0.4 is 10.1 Å². The van der Waals surface area contributed by atoms with Gasteiger partial charge in [-0.1, -0.05) is 23.7 Å². The number of benzene rings is 3. The van der Waals surface area contributed by atoms with Crippen LogP contribution in [0.2, 0.25) is 5.02 Å². The maximum Gasteiger partial charge on any atom is 0.233 e. The lowest BCUT2D eigenvalue weighted by atomic mass is 10.1. The van der Waals surface area contributed by atoms with Crippen LogP contribution in [0.5, 0.6) is 5.75 Å². The van der Waals surface area contributed by atoms with Gasteiger partial charge in [0.25, 0.3) is 0 Å². The van der Waals surface area contributed by atoms with Crippen LogP contribution in [-0.4, -0.2) is 41.7 Å². The number of hydrogen-bond donors (Lipinski definition) is 1. The molecular weight excluding hydrogens is 473 g/mol. The first-order chi connectivity index (χ1) is 16.5. The van der Waals surface area contributed by atoms with Gasteiger partial charge in [0.2, 0.25) is 5.91 Å². The molecule has 4 aromatic rings. The predicted octanol–water partition coefficient (Wildman–Crippen LogP) is 6.27. The van der Waals surface area contributed by atoms with Crippen molar-refractivity contribution in [3.05, 3.63) is 77.1 Å². The number of amides is 1. The molecule has 1 aromatic heterocycles. The van der Waals surface area contributed by atoms with Crippen LogP contribution in [0.4, 0.5) is 10.1 Å². The lowest BCUT2D eigenvalue weighted by molar-refractivity contribution is -0.128. The zero-order valence-corrected chi connectivity index (χ0v) is 20.1. The number of fused-ring (bicyclic) bond motifs is 2. The summed E-state index contributed by atoms with van der Waals surface area (Å²) in [4.78, 5) is 19.2. The molecular formula is C26H23ClFN3O2S. The average molecular weight is 496 g/mol. The summed E-state index contributed by atoms with van der Waals surface area (Å²) in [5.41, 5.74) is 3.57. The van der Waals surface area contributed by atoms with Crippen molar-refractivity contribution in [3.8, 4) is 5.75 Å². The fourth-order valence-electron chi connectivity index (χ4n) is 4.28. The van der Waals surface area contributed by atoms with Gasteiger partial charge in [0.05, 0.1) is 29.6 Å². The summed E-state index contributed by atoms with van der Waals surface area (Å²) in [6.45, 7) is 1.27. The molecule has 174 valence electrons. The molecule has 1 N–H and O–H groups in total. The summed E-state index contributed by atoms with van der Waals surface area (Å²) >= 11 is 7.80. The number of rotatable bonds is 7. The second-order valence-corrected chi connectivity index (χ2v) is 9.62. The Morgan fingerprint density at radius 3 is 2.74 bits per heavy atom. The first-order valence-electron chi connectivity index (χ1n) is 11.0. The van der Waals surface area contributed by atoms with Crippen LogP contribution in [-0.2, 0) is 4.79 Å². The molecule has 5 nitrogen and oxygen atoms in total. The molecule has 0 bridgehead atoms. The first-order valence-corrected chi connectivity index (χ1v) is 12.4. The smallest absolute Gasteiger partial charge is 0.233 e. The van der Waals surface area contributed by atoms with Gasteiger partial charge in [0.15, 0.2) is 0 Å². The Labute approximate surface area is 206 Å². The number of carbonyl (C=O) groups excluding carboxylic acids is 1. The number of pyridine rings is 1. The summed E-state index contributed by atoms with van der Waals surface area (Å²) in [7, 11) is 1.64. The zero-order valence-electron chi connectivity index (χ0n) is 18.6. The van der Waals surface area contributed by atoms with E-state index < -0.39 is 0 Å². The molecule has 0 spiro atoms. The summed E-state index contributed by atoms with van der Waals surface area (Å²) in [6.07, 6.45) is 0.757. The van der Waals surface area contributed by atoms with E-state index in [1.54, 1.807) is 31.0 Å². The third kappa shape index (κ3) is 4.50. The van der Waals surface area contributed by atoms with Crippen molar-refractivity contribution in [1.82, 2.24) is 9.88 Å². The molecule has 0 radical (unpaired) electrons. The van der Waals surface area contributed by atoms with E-state index in [1.807, 2.05) is 41.3 Å². The third-order valence-electron chi connectivity index (χ3n) is 5.94. The number of nitrogens with one attached hydrogen (secondary N) is 1. The summed E-state index contributed by atoms with van der Waals surface area (Å²) in [5.74, 6) is 1.03. The molecule has 1 atom stereocenters. The van der Waals surface area contributed by atoms with E-state index in [-0.39, 0.29) is 17.1 Å². The normalized spacial score (nSPS) is 15.9. The Balaban J connectivity index is 1.36. The minimum Gasteiger partial charge on any atom is -0.497 e. The van der Waals surface area contributed by atoms with Crippen LogP contribution in [0.1, 0.15) is 17.4 Å². The molecule has 3 aromatic carbocycles. The highest BCUT2D eigenvalue weighted by Gasteiger charge is 2.32. The molecule has 1 unspecified atom stereocenters. The summed E-state index contributed by atoms with van der Waals surface area (Å²) in [5, 5.41) is 6.06. The number of halogens is 2. The molecule has 2 heterocycles. The van der Waals surface area contributed by atoms with E-state index in [1.165, 1.54) is 12.1 Å². The molecule has 1 saturated heterocycles. The number of carbonyl (C=O) groups is 1. The predicted molar refractivity (Wildman–Crippen MR) is 137 cm³/mol. The quantitative estimate of drug-likeness (QED) is 0.242. The highest BCUT2D eigenvalue weighted by Crippen LogP contribution is 2.39. The Hall–Kier alpha value is -3.03. The van der Waals surface area contributed by atoms with Gasteiger partial charge in [-0.25, -0.2) is 9.37 Å². The minimum atomic E-state index is -0.274. The van der Waals surface area contributed by atoms with Crippen LogP contribution >= 0.6 is 23.4 Å². The number of methoxy groups -OCH3 is 1. The Kier molecular flexibility index (Phi) is 6.48. The molecule has 34 heavy (non-hydrogen) atoms. The molecule has 8 heteroatoms. The van der Waals surface area contributed by atoms with E-state index in [2.05, 4.69) is 5.32 Å². The van der Waals surface area contributed by atoms with E-state index in [4.69, 9.17) is 21.3 Å². The van der Waals surface area contributed by atoms with E-state index in [0.717, 1.165) is 45.2 Å². The molecule has 1 fully saturated rings. The average Bonchev–Trinajstić information content (AvgIpc) is 3.21. The molecule has 1 aliphatic rings. The maximum atomic E-state index is 13.3. The van der Waals surface area contributed by atoms with Gasteiger partial charge in [-0.15, -0.1) is 11.8 Å². The highest BCUT2D eigenvalue weighted by atomic mass is 35.5. The van der Waals surface area contributed by atoms with Crippen molar-refractivity contribution in [2.24, 2.45) is 0 Å². The SMILES string of the molecule is COc1ccc2nc3cc(Cl)ccc3c(NCCCN3C(=O)CSC3c3ccc(F)cc3)c2c1. The van der Waals surface area contributed by atoms with E-state index in [9.17, 15) is 9.18 Å². The second-order valence-electron chi connectivity index (χ2n) is 8.11. The van der Waals surface area contributed by atoms with Gasteiger partial charge in [-0.3, -0.25) is 4.79 Å². The first kappa shape index (κ1) is 22.7. The zero-order chi connectivity index (χ0) is 23.7. The minimum absolute atomic E-state index is 0.0814. The molecule has 1 aliphatic heterocycles. The van der Waals surface area contributed by atoms with Gasteiger partial charge >= 0.3 is 0 Å². The van der Waals surface area contributed by atoms with Gasteiger partial charge in [-0.05, 0) is 60.5 Å². The van der Waals surface area contributed by atoms with Gasteiger partial charge in [-0.2, -0.15) is 0 Å². The third-order valence-corrected chi connectivity index (χ3v) is 7.44. The van der Waals surface area contributed by atoms with Gasteiger partial charge < -0.3 is 15.0 Å². The fourth-order valence-corrected chi connectivity index (χ4v) is 5.66. The molecule has 1 amide bonds. The van der Waals surface area contributed by atoms with Crippen molar-refractivity contribution in [2.75, 3.05) is 31.3 Å². The number of hydrogen-bond acceptors (Lipinski definition) is 5. The molecule has 0 aliphatic carbocycles. The van der Waals surface area contributed by atoms with Crippen molar-refractivity contribution < 1.29 is 13.9 Å². The van der Waals surface area contributed by atoms with Gasteiger partial charge in [0.1, 0.15) is 16.9 Å². The summed E-state index contributed by atoms with van der Waals surface area (Å²) < 4.78 is 18.8. The van der Waals surface area contributed by atoms with Crippen LogP contribution in [0.15, 0.2) is 60.7 Å². The number of aromatic nitrogens is 1. The Morgan fingerprint density at radius 1 is 1.12 bits per heavy atom. The molecule has 0 saturated carbocycles. The Morgan fingerprint density at radius 2 is 1.94 bits per heavy atom. The Bertz CT molecular complexity index is 1370. The van der Waals surface area contributed by atoms with Crippen LogP contribution in [0.25, 0.3) is 21.8 Å². The number of anilines is 1. The lowest BCUT2D eigenvalue weighted by Crippen LogP contribution is -2.30. The largest absolute Gasteiger partial charge is 0.497 e. The lowest BCUT2D eigenvalue weighted by Gasteiger charge is -2.24. The van der Waals surface area contributed by atoms with E-state index in [0.29, 0.717) is 23.9 Å². The van der Waals surface area contributed by atoms with Crippen molar-refractivity contribution in [1.29, 1.82) is 0 Å². The second kappa shape index (κ2) is 9.68. The number of thioether (sulfide) groups is 1. The van der Waals surface area contributed by atoms with Crippen LogP contribution in [0.3, 0.4) is 0 Å². The van der Waals surface area contributed by atoms with Crippen molar-refractivity contribution in [2.45, 2.75) is 11.8 Å². The topological polar surface area (TPSA) is 54.5 Å². The molecule has 5 rings (SSSR count). The monoisotopic (exact) mass is 495 g/mol. The maximum absolute atomic E-state index is 13.3. The van der Waals surface area contributed by atoms with E-state index >= 15 is 0 Å². The number of ether oxygens (including phenoxy) is 1. The number of nitrogens with zero attached hydrogens (tertiary/aromatic N) is 2. The van der Waals surface area contributed by atoms with Gasteiger partial charge in [0, 0.05) is 28.9 Å². The van der Waals surface area contributed by atoms with Crippen LogP contribution in [0, 0.1) is 5.82 Å². The fraction of sp³-hybridized carbons (Fsp3) is 0.231. The summed E-state index contributed by atoms with van der Waals surface area (Å²) in [6, 6.07) is 17.9.